The topological polar surface area (TPSA) is 95.9 Å². The van der Waals surface area contributed by atoms with Gasteiger partial charge in [0.25, 0.3) is 5.34 Å². The van der Waals surface area contributed by atoms with Gasteiger partial charge in [-0.15, -0.1) is 0 Å². The molecule has 0 aliphatic carbocycles. The third kappa shape index (κ3) is 4.99. The van der Waals surface area contributed by atoms with Gasteiger partial charge in [-0.1, -0.05) is 47.0 Å². The Bertz CT molecular complexity index is 792. The van der Waals surface area contributed by atoms with E-state index in [1.165, 1.54) is 0 Å². The number of benzene rings is 2. The van der Waals surface area contributed by atoms with E-state index in [-0.39, 0.29) is 18.0 Å². The van der Waals surface area contributed by atoms with Crippen molar-refractivity contribution in [1.82, 2.24) is 5.32 Å². The minimum Gasteiger partial charge on any atom is -0.478 e. The largest absolute Gasteiger partial charge is 0.478 e. The van der Waals surface area contributed by atoms with Gasteiger partial charge in [-0.2, -0.15) is 0 Å². The molecule has 0 amide bonds. The molecule has 1 heterocycles. The molecule has 27 heavy (non-hydrogen) atoms. The fraction of sp³-hybridized carbons (Fsp3) is 0.350. The molecule has 1 aliphatic rings. The molecule has 3 rings (SSSR count). The number of ether oxygens (including phenoxy) is 1. The normalized spacial score (nSPS) is 22.3. The molecule has 6 nitrogen and oxygen atoms in total. The molecule has 2 aromatic rings. The molecule has 3 N–H and O–H groups in total. The average Bonchev–Trinajstić information content (AvgIpc) is 2.69. The Morgan fingerprint density at radius 1 is 1.19 bits per heavy atom. The van der Waals surface area contributed by atoms with Crippen LogP contribution in [0.5, 0.6) is 0 Å². The molecule has 2 unspecified atom stereocenters. The van der Waals surface area contributed by atoms with Crippen molar-refractivity contribution in [1.29, 1.82) is 0 Å². The van der Waals surface area contributed by atoms with Gasteiger partial charge < -0.3 is 20.3 Å². The number of hydrogen-bond acceptors (Lipinski definition) is 5. The van der Waals surface area contributed by atoms with Crippen molar-refractivity contribution in [3.63, 3.8) is 0 Å². The van der Waals surface area contributed by atoms with Crippen LogP contribution in [0.1, 0.15) is 21.5 Å². The summed E-state index contributed by atoms with van der Waals surface area (Å²) in [6.45, 7) is 0.728. The average molecular weight is 388 g/mol. The maximum atomic E-state index is 11.7. The first-order valence-electron chi connectivity index (χ1n) is 8.83. The lowest BCUT2D eigenvalue weighted by atomic mass is 9.99. The fourth-order valence-electron chi connectivity index (χ4n) is 3.30. The van der Waals surface area contributed by atoms with E-state index in [4.69, 9.17) is 9.84 Å². The summed E-state index contributed by atoms with van der Waals surface area (Å²) in [7, 11) is -0.906. The molecule has 0 aromatic heterocycles. The van der Waals surface area contributed by atoms with Crippen LogP contribution in [0.4, 0.5) is 0 Å². The summed E-state index contributed by atoms with van der Waals surface area (Å²) < 4.78 is 17.6. The second-order valence-electron chi connectivity index (χ2n) is 6.83. The molecule has 7 heteroatoms. The molecule has 0 spiro atoms. The predicted molar refractivity (Wildman–Crippen MR) is 103 cm³/mol. The van der Waals surface area contributed by atoms with E-state index in [0.717, 1.165) is 11.1 Å². The Balaban J connectivity index is 1.59. The minimum atomic E-state index is -1.44. The van der Waals surface area contributed by atoms with E-state index in [9.17, 15) is 14.5 Å². The van der Waals surface area contributed by atoms with Crippen LogP contribution in [0, 0.1) is 0 Å². The van der Waals surface area contributed by atoms with Crippen LogP contribution in [0.2, 0.25) is 0 Å². The number of aliphatic hydroxyl groups is 1. The monoisotopic (exact) mass is 388 g/mol. The molecule has 1 aliphatic heterocycles. The van der Waals surface area contributed by atoms with Crippen LogP contribution in [-0.4, -0.2) is 46.8 Å². The van der Waals surface area contributed by atoms with Crippen molar-refractivity contribution < 1.29 is 24.3 Å². The molecule has 142 valence electrons. The van der Waals surface area contributed by atoms with Gasteiger partial charge in [0.1, 0.15) is 6.10 Å². The van der Waals surface area contributed by atoms with Crippen LogP contribution >= 0.6 is 8.46 Å². The lowest BCUT2D eigenvalue weighted by Crippen LogP contribution is -2.55. The molecule has 2 aromatic carbocycles. The van der Waals surface area contributed by atoms with Gasteiger partial charge in [0.05, 0.1) is 18.6 Å². The van der Waals surface area contributed by atoms with Crippen LogP contribution in [0.15, 0.2) is 54.6 Å². The number of carbonyl (C=O) groups is 1. The van der Waals surface area contributed by atoms with Gasteiger partial charge >= 0.3 is 14.4 Å². The Morgan fingerprint density at radius 2 is 1.93 bits per heavy atom. The predicted octanol–water partition coefficient (Wildman–Crippen LogP) is 2.24. The number of carboxylic acid groups (broad SMARTS) is 1. The molecule has 1 saturated heterocycles. The van der Waals surface area contributed by atoms with Crippen molar-refractivity contribution in [2.75, 3.05) is 13.2 Å². The quantitative estimate of drug-likeness (QED) is 0.630. The van der Waals surface area contributed by atoms with E-state index in [1.807, 2.05) is 36.4 Å². The Kier molecular flexibility index (Phi) is 6.34. The number of hydrogen-bond donors (Lipinski definition) is 3. The zero-order chi connectivity index (χ0) is 19.3. The van der Waals surface area contributed by atoms with Crippen LogP contribution in [0.3, 0.4) is 0 Å². The number of rotatable bonds is 7. The van der Waals surface area contributed by atoms with E-state index in [0.29, 0.717) is 19.6 Å². The van der Waals surface area contributed by atoms with Crippen molar-refractivity contribution >= 4 is 14.4 Å². The van der Waals surface area contributed by atoms with Gasteiger partial charge in [0.2, 0.25) is 0 Å². The van der Waals surface area contributed by atoms with E-state index < -0.39 is 25.9 Å². The van der Waals surface area contributed by atoms with E-state index in [2.05, 4.69) is 5.32 Å². The molecule has 0 bridgehead atoms. The highest BCUT2D eigenvalue weighted by atomic mass is 31.1. The molecular formula is C20H23NO5P+. The second kappa shape index (κ2) is 8.72. The molecule has 4 atom stereocenters. The highest BCUT2D eigenvalue weighted by Gasteiger charge is 2.47. The summed E-state index contributed by atoms with van der Waals surface area (Å²) >= 11 is 0. The minimum absolute atomic E-state index is 0.00116. The SMILES string of the molecule is O=[PH+]C(O)(Cc1ccccc1)[C@H]1CN[C@H](Cc2cccc(C(=O)O)c2)CO1. The van der Waals surface area contributed by atoms with E-state index >= 15 is 0 Å². The Hall–Kier alpha value is -2.11. The summed E-state index contributed by atoms with van der Waals surface area (Å²) in [5.41, 5.74) is 2.06. The maximum Gasteiger partial charge on any atom is 0.362 e. The van der Waals surface area contributed by atoms with Crippen LogP contribution in [0.25, 0.3) is 0 Å². The van der Waals surface area contributed by atoms with Gasteiger partial charge in [0.15, 0.2) is 0 Å². The van der Waals surface area contributed by atoms with Crippen LogP contribution < -0.4 is 5.32 Å². The maximum absolute atomic E-state index is 11.7. The smallest absolute Gasteiger partial charge is 0.362 e. The Labute approximate surface area is 159 Å². The highest BCUT2D eigenvalue weighted by Crippen LogP contribution is 2.31. The first-order valence-corrected chi connectivity index (χ1v) is 9.74. The third-order valence-corrected chi connectivity index (χ3v) is 5.62. The van der Waals surface area contributed by atoms with E-state index in [1.54, 1.807) is 18.2 Å². The standard InChI is InChI=1S/C20H22NO5P/c22-19(23)16-8-4-7-15(9-16)10-17-13-26-18(12-21-17)20(24,27-25)11-14-5-2-1-3-6-14/h1-9,17-18,21,24H,10-13H2,(H,22,23)/p+1/t17-,18-,20?/m1/s1. The first kappa shape index (κ1) is 19.6. The number of morpholine rings is 1. The zero-order valence-electron chi connectivity index (χ0n) is 14.8. The van der Waals surface area contributed by atoms with Crippen molar-refractivity contribution in [2.45, 2.75) is 30.3 Å². The summed E-state index contributed by atoms with van der Waals surface area (Å²) in [5.74, 6) is -0.952. The summed E-state index contributed by atoms with van der Waals surface area (Å²) in [6.07, 6.45) is 0.299. The number of carboxylic acids is 1. The number of nitrogens with one attached hydrogen (secondary N) is 1. The highest BCUT2D eigenvalue weighted by molar-refractivity contribution is 7.25. The lowest BCUT2D eigenvalue weighted by Gasteiger charge is -2.34. The molecule has 0 saturated carbocycles. The first-order chi connectivity index (χ1) is 13.0. The summed E-state index contributed by atoms with van der Waals surface area (Å²) in [6, 6.07) is 16.3. The lowest BCUT2D eigenvalue weighted by molar-refractivity contribution is -0.0845. The van der Waals surface area contributed by atoms with Gasteiger partial charge in [-0.05, 0) is 29.7 Å². The van der Waals surface area contributed by atoms with Crippen molar-refractivity contribution in [3.8, 4) is 0 Å². The van der Waals surface area contributed by atoms with Gasteiger partial charge in [-0.25, -0.2) is 4.79 Å². The molecule has 1 fully saturated rings. The molecule has 0 radical (unpaired) electrons. The zero-order valence-corrected chi connectivity index (χ0v) is 15.8. The fourth-order valence-corrected chi connectivity index (χ4v) is 3.89. The summed E-state index contributed by atoms with van der Waals surface area (Å²) in [4.78, 5) is 11.1. The summed E-state index contributed by atoms with van der Waals surface area (Å²) in [5, 5.41) is 21.8. The van der Waals surface area contributed by atoms with Crippen LogP contribution in [-0.2, 0) is 22.1 Å². The third-order valence-electron chi connectivity index (χ3n) is 4.77. The second-order valence-corrected chi connectivity index (χ2v) is 7.90. The Morgan fingerprint density at radius 3 is 2.56 bits per heavy atom. The number of aromatic carboxylic acids is 1. The van der Waals surface area contributed by atoms with Gasteiger partial charge in [0, 0.05) is 12.6 Å². The molecular weight excluding hydrogens is 365 g/mol. The van der Waals surface area contributed by atoms with Crippen molar-refractivity contribution in [3.05, 3.63) is 71.3 Å². The van der Waals surface area contributed by atoms with Crippen molar-refractivity contribution in [2.24, 2.45) is 0 Å². The van der Waals surface area contributed by atoms with Gasteiger partial charge in [-0.3, -0.25) is 0 Å².